The van der Waals surface area contributed by atoms with Crippen LogP contribution in [0.15, 0.2) is 0 Å². The van der Waals surface area contributed by atoms with E-state index in [4.69, 9.17) is 4.74 Å². The standard InChI is InChI=1S/C17H24O5/c1-3-13(19)11-5-7-17(8-6-11)10-12(18)9-14(20)15(17)16(21)22-4-2/h11,15H,3-10H2,1-2H3. The van der Waals surface area contributed by atoms with Crippen molar-refractivity contribution in [2.75, 3.05) is 6.61 Å². The fourth-order valence-corrected chi connectivity index (χ4v) is 4.07. The van der Waals surface area contributed by atoms with Crippen LogP contribution in [0.3, 0.4) is 0 Å². The van der Waals surface area contributed by atoms with Crippen LogP contribution in [0, 0.1) is 17.3 Å². The normalized spacial score (nSPS) is 32.1. The Morgan fingerprint density at radius 2 is 1.82 bits per heavy atom. The van der Waals surface area contributed by atoms with Gasteiger partial charge in [0.1, 0.15) is 17.5 Å². The molecule has 0 aliphatic heterocycles. The minimum atomic E-state index is -0.831. The Morgan fingerprint density at radius 1 is 1.18 bits per heavy atom. The molecule has 5 heteroatoms. The zero-order chi connectivity index (χ0) is 16.3. The van der Waals surface area contributed by atoms with Crippen molar-refractivity contribution in [1.29, 1.82) is 0 Å². The largest absolute Gasteiger partial charge is 0.465 e. The Kier molecular flexibility index (Phi) is 5.14. The van der Waals surface area contributed by atoms with Crippen molar-refractivity contribution in [3.63, 3.8) is 0 Å². The monoisotopic (exact) mass is 308 g/mol. The van der Waals surface area contributed by atoms with Crippen LogP contribution < -0.4 is 0 Å². The van der Waals surface area contributed by atoms with Crippen molar-refractivity contribution < 1.29 is 23.9 Å². The molecule has 0 radical (unpaired) electrons. The quantitative estimate of drug-likeness (QED) is 0.588. The first-order chi connectivity index (χ1) is 10.4. The van der Waals surface area contributed by atoms with E-state index in [0.717, 1.165) is 0 Å². The van der Waals surface area contributed by atoms with E-state index in [2.05, 4.69) is 0 Å². The zero-order valence-electron chi connectivity index (χ0n) is 13.4. The van der Waals surface area contributed by atoms with Crippen LogP contribution in [0.25, 0.3) is 0 Å². The van der Waals surface area contributed by atoms with Crippen molar-refractivity contribution in [2.24, 2.45) is 17.3 Å². The van der Waals surface area contributed by atoms with Gasteiger partial charge in [-0.1, -0.05) is 6.92 Å². The summed E-state index contributed by atoms with van der Waals surface area (Å²) in [6, 6.07) is 0. The van der Waals surface area contributed by atoms with Gasteiger partial charge in [0, 0.05) is 18.8 Å². The summed E-state index contributed by atoms with van der Waals surface area (Å²) in [5.41, 5.74) is -0.622. The Bertz CT molecular complexity index is 485. The molecule has 0 saturated heterocycles. The van der Waals surface area contributed by atoms with Gasteiger partial charge in [-0.3, -0.25) is 19.2 Å². The third-order valence-electron chi connectivity index (χ3n) is 5.16. The van der Waals surface area contributed by atoms with Crippen LogP contribution in [0.2, 0.25) is 0 Å². The molecule has 2 fully saturated rings. The molecule has 0 heterocycles. The van der Waals surface area contributed by atoms with Crippen LogP contribution in [0.4, 0.5) is 0 Å². The van der Waals surface area contributed by atoms with Crippen LogP contribution in [-0.4, -0.2) is 29.9 Å². The first-order valence-corrected chi connectivity index (χ1v) is 8.17. The van der Waals surface area contributed by atoms with Gasteiger partial charge in [-0.15, -0.1) is 0 Å². The minimum Gasteiger partial charge on any atom is -0.465 e. The number of carbonyl (C=O) groups is 4. The van der Waals surface area contributed by atoms with Gasteiger partial charge < -0.3 is 4.74 Å². The molecule has 22 heavy (non-hydrogen) atoms. The lowest BCUT2D eigenvalue weighted by Crippen LogP contribution is -2.50. The first-order valence-electron chi connectivity index (χ1n) is 8.17. The summed E-state index contributed by atoms with van der Waals surface area (Å²) in [5, 5.41) is 0. The number of hydrogen-bond acceptors (Lipinski definition) is 5. The smallest absolute Gasteiger partial charge is 0.317 e. The van der Waals surface area contributed by atoms with Crippen molar-refractivity contribution in [3.05, 3.63) is 0 Å². The van der Waals surface area contributed by atoms with Crippen molar-refractivity contribution >= 4 is 23.3 Å². The lowest BCUT2D eigenvalue weighted by molar-refractivity contribution is -0.163. The topological polar surface area (TPSA) is 77.5 Å². The number of hydrogen-bond donors (Lipinski definition) is 0. The molecule has 1 unspecified atom stereocenters. The molecular weight excluding hydrogens is 284 g/mol. The summed E-state index contributed by atoms with van der Waals surface area (Å²) >= 11 is 0. The van der Waals surface area contributed by atoms with Gasteiger partial charge in [-0.2, -0.15) is 0 Å². The molecule has 1 spiro atoms. The van der Waals surface area contributed by atoms with E-state index in [-0.39, 0.29) is 42.7 Å². The van der Waals surface area contributed by atoms with Crippen LogP contribution in [0.5, 0.6) is 0 Å². The maximum Gasteiger partial charge on any atom is 0.317 e. The third kappa shape index (κ3) is 3.13. The maximum atomic E-state index is 12.3. The van der Waals surface area contributed by atoms with Gasteiger partial charge >= 0.3 is 5.97 Å². The highest BCUT2D eigenvalue weighted by Gasteiger charge is 2.53. The summed E-state index contributed by atoms with van der Waals surface area (Å²) in [5.74, 6) is -1.49. The number of Topliss-reactive ketones (excluding diaryl/α,β-unsaturated/α-hetero) is 3. The molecule has 0 N–H and O–H groups in total. The SMILES string of the molecule is CCOC(=O)C1C(=O)CC(=O)CC12CCC(C(=O)CC)CC2. The predicted molar refractivity (Wildman–Crippen MR) is 79.1 cm³/mol. The molecule has 2 aliphatic rings. The average molecular weight is 308 g/mol. The van der Waals surface area contributed by atoms with Gasteiger partial charge in [0.2, 0.25) is 0 Å². The molecular formula is C17H24O5. The molecule has 2 saturated carbocycles. The van der Waals surface area contributed by atoms with Crippen LogP contribution in [0.1, 0.15) is 58.8 Å². The molecule has 0 aromatic heterocycles. The fourth-order valence-electron chi connectivity index (χ4n) is 4.07. The highest BCUT2D eigenvalue weighted by molar-refractivity contribution is 6.11. The molecule has 122 valence electrons. The van der Waals surface area contributed by atoms with E-state index in [0.29, 0.717) is 32.1 Å². The van der Waals surface area contributed by atoms with Crippen LogP contribution >= 0.6 is 0 Å². The highest BCUT2D eigenvalue weighted by atomic mass is 16.5. The van der Waals surface area contributed by atoms with E-state index in [1.165, 1.54) is 0 Å². The maximum absolute atomic E-state index is 12.3. The number of esters is 1. The number of carbonyl (C=O) groups excluding carboxylic acids is 4. The molecule has 0 bridgehead atoms. The molecule has 0 amide bonds. The Labute approximate surface area is 130 Å². The zero-order valence-corrected chi connectivity index (χ0v) is 13.4. The number of ether oxygens (including phenoxy) is 1. The highest BCUT2D eigenvalue weighted by Crippen LogP contribution is 2.50. The number of rotatable bonds is 4. The van der Waals surface area contributed by atoms with E-state index in [1.807, 2.05) is 6.92 Å². The Morgan fingerprint density at radius 3 is 2.36 bits per heavy atom. The predicted octanol–water partition coefficient (Wildman–Crippen LogP) is 2.25. The second kappa shape index (κ2) is 6.71. The number of ketones is 3. The van der Waals surface area contributed by atoms with E-state index < -0.39 is 17.3 Å². The molecule has 1 atom stereocenters. The summed E-state index contributed by atoms with van der Waals surface area (Å²) < 4.78 is 5.07. The summed E-state index contributed by atoms with van der Waals surface area (Å²) in [7, 11) is 0. The summed E-state index contributed by atoms with van der Waals surface area (Å²) in [6.45, 7) is 3.78. The summed E-state index contributed by atoms with van der Waals surface area (Å²) in [4.78, 5) is 48.3. The van der Waals surface area contributed by atoms with Gasteiger partial charge in [0.15, 0.2) is 5.78 Å². The minimum absolute atomic E-state index is 0.00519. The van der Waals surface area contributed by atoms with Gasteiger partial charge in [0.05, 0.1) is 13.0 Å². The molecule has 0 aromatic rings. The van der Waals surface area contributed by atoms with E-state index in [9.17, 15) is 19.2 Å². The average Bonchev–Trinajstić information content (AvgIpc) is 2.46. The second-order valence-corrected chi connectivity index (χ2v) is 6.50. The first kappa shape index (κ1) is 16.8. The lowest BCUT2D eigenvalue weighted by Gasteiger charge is -2.45. The molecule has 5 nitrogen and oxygen atoms in total. The molecule has 2 aliphatic carbocycles. The van der Waals surface area contributed by atoms with Gasteiger partial charge in [-0.25, -0.2) is 0 Å². The van der Waals surface area contributed by atoms with Gasteiger partial charge in [0.25, 0.3) is 0 Å². The second-order valence-electron chi connectivity index (χ2n) is 6.50. The fraction of sp³-hybridized carbons (Fsp3) is 0.765. The van der Waals surface area contributed by atoms with E-state index >= 15 is 0 Å². The lowest BCUT2D eigenvalue weighted by atomic mass is 9.57. The van der Waals surface area contributed by atoms with Gasteiger partial charge in [-0.05, 0) is 38.0 Å². The van der Waals surface area contributed by atoms with Crippen molar-refractivity contribution in [1.82, 2.24) is 0 Å². The van der Waals surface area contributed by atoms with E-state index in [1.54, 1.807) is 6.92 Å². The Hall–Kier alpha value is -1.52. The summed E-state index contributed by atoms with van der Waals surface area (Å²) in [6.07, 6.45) is 3.07. The van der Waals surface area contributed by atoms with Crippen molar-refractivity contribution in [3.8, 4) is 0 Å². The molecule has 2 rings (SSSR count). The third-order valence-corrected chi connectivity index (χ3v) is 5.16. The van der Waals surface area contributed by atoms with Crippen LogP contribution in [-0.2, 0) is 23.9 Å². The molecule has 0 aromatic carbocycles. The Balaban J connectivity index is 2.21. The van der Waals surface area contributed by atoms with Crippen molar-refractivity contribution in [2.45, 2.75) is 58.8 Å².